The summed E-state index contributed by atoms with van der Waals surface area (Å²) >= 11 is 6.49. The normalized spacial score (nSPS) is 13.0. The van der Waals surface area contributed by atoms with Crippen LogP contribution in [-0.2, 0) is 24.2 Å². The fraction of sp³-hybridized carbons (Fsp3) is 0.367. The summed E-state index contributed by atoms with van der Waals surface area (Å²) in [5.74, 6) is -0.349. The van der Waals surface area contributed by atoms with Crippen molar-refractivity contribution in [1.82, 2.24) is 9.88 Å². The Morgan fingerprint density at radius 2 is 1.90 bits per heavy atom. The van der Waals surface area contributed by atoms with Crippen molar-refractivity contribution in [3.63, 3.8) is 0 Å². The minimum atomic E-state index is -1.13. The highest BCUT2D eigenvalue weighted by atomic mass is 35.5. The van der Waals surface area contributed by atoms with Crippen LogP contribution in [0.2, 0.25) is 5.02 Å². The number of carboxylic acids is 1. The lowest BCUT2D eigenvalue weighted by Crippen LogP contribution is -2.37. The lowest BCUT2D eigenvalue weighted by atomic mass is 10.0. The van der Waals surface area contributed by atoms with Gasteiger partial charge in [0.15, 0.2) is 5.69 Å². The number of amides is 2. The Bertz CT molecular complexity index is 1500. The van der Waals surface area contributed by atoms with E-state index < -0.39 is 30.0 Å². The number of nitrogens with one attached hydrogen (secondary N) is 2. The van der Waals surface area contributed by atoms with E-state index in [0.717, 1.165) is 6.42 Å². The summed E-state index contributed by atoms with van der Waals surface area (Å²) in [5, 5.41) is 26.1. The van der Waals surface area contributed by atoms with Crippen molar-refractivity contribution in [2.24, 2.45) is 0 Å². The lowest BCUT2D eigenvalue weighted by Gasteiger charge is -2.21. The minimum Gasteiger partial charge on any atom is -0.505 e. The molecule has 218 valence electrons. The van der Waals surface area contributed by atoms with Gasteiger partial charge in [-0.1, -0.05) is 29.8 Å². The first-order chi connectivity index (χ1) is 19.6. The number of aromatic nitrogens is 1. The number of rotatable bonds is 11. The number of aromatic hydroxyl groups is 1. The number of ether oxygens (including phenoxy) is 2. The molecule has 1 atom stereocenters. The van der Waals surface area contributed by atoms with Crippen LogP contribution in [0.15, 0.2) is 47.3 Å². The summed E-state index contributed by atoms with van der Waals surface area (Å²) in [6, 6.07) is 10.3. The largest absolute Gasteiger partial charge is 0.505 e. The molecule has 41 heavy (non-hydrogen) atoms. The predicted octanol–water partition coefficient (Wildman–Crippen LogP) is 5.27. The van der Waals surface area contributed by atoms with Crippen molar-refractivity contribution in [1.29, 1.82) is 0 Å². The van der Waals surface area contributed by atoms with Crippen LogP contribution in [0.3, 0.4) is 0 Å². The van der Waals surface area contributed by atoms with Gasteiger partial charge in [0.1, 0.15) is 17.2 Å². The highest BCUT2D eigenvalue weighted by molar-refractivity contribution is 6.31. The third-order valence-electron chi connectivity index (χ3n) is 6.74. The first kappa shape index (κ1) is 29.8. The van der Waals surface area contributed by atoms with E-state index in [1.165, 1.54) is 4.57 Å². The van der Waals surface area contributed by atoms with Gasteiger partial charge in [-0.3, -0.25) is 9.59 Å². The molecule has 1 heterocycles. The Balaban J connectivity index is 1.66. The van der Waals surface area contributed by atoms with Gasteiger partial charge in [-0.15, -0.1) is 0 Å². The third-order valence-corrected chi connectivity index (χ3v) is 7.10. The zero-order chi connectivity index (χ0) is 29.7. The van der Waals surface area contributed by atoms with Gasteiger partial charge < -0.3 is 34.9 Å². The number of anilines is 1. The van der Waals surface area contributed by atoms with Crippen LogP contribution in [0.25, 0.3) is 0 Å². The molecule has 0 spiro atoms. The van der Waals surface area contributed by atoms with Gasteiger partial charge in [0.2, 0.25) is 0 Å². The van der Waals surface area contributed by atoms with E-state index in [4.69, 9.17) is 21.1 Å². The maximum atomic E-state index is 13.7. The summed E-state index contributed by atoms with van der Waals surface area (Å²) in [5.41, 5.74) is 1.47. The molecule has 4 rings (SSSR count). The molecule has 0 saturated carbocycles. The molecular formula is C30H34ClN3O7. The molecule has 0 aliphatic heterocycles. The molecule has 11 heteroatoms. The fourth-order valence-corrected chi connectivity index (χ4v) is 5.25. The first-order valence-corrected chi connectivity index (χ1v) is 13.9. The molecule has 2 amide bonds. The van der Waals surface area contributed by atoms with E-state index in [1.807, 2.05) is 20.8 Å². The summed E-state index contributed by atoms with van der Waals surface area (Å²) in [4.78, 5) is 38.5. The van der Waals surface area contributed by atoms with Crippen molar-refractivity contribution in [2.45, 2.75) is 65.1 Å². The molecule has 3 aromatic rings. The molecule has 0 fully saturated rings. The average molecular weight is 584 g/mol. The number of nitrogens with zero attached hydrogens (tertiary/aromatic N) is 1. The number of hydrogen-bond donors (Lipinski definition) is 4. The maximum Gasteiger partial charge on any atom is 0.319 e. The zero-order valence-electron chi connectivity index (χ0n) is 23.2. The number of aliphatic carboxylic acids is 1. The Kier molecular flexibility index (Phi) is 9.44. The molecule has 4 N–H and O–H groups in total. The van der Waals surface area contributed by atoms with Crippen LogP contribution < -0.4 is 25.7 Å². The van der Waals surface area contributed by atoms with Gasteiger partial charge in [-0.05, 0) is 69.9 Å². The smallest absolute Gasteiger partial charge is 0.319 e. The van der Waals surface area contributed by atoms with Gasteiger partial charge in [0.05, 0.1) is 31.7 Å². The summed E-state index contributed by atoms with van der Waals surface area (Å²) < 4.78 is 12.9. The molecule has 0 unspecified atom stereocenters. The number of pyridine rings is 1. The molecule has 2 aromatic carbocycles. The van der Waals surface area contributed by atoms with Gasteiger partial charge in [0.25, 0.3) is 5.56 Å². The van der Waals surface area contributed by atoms with Crippen LogP contribution in [0.5, 0.6) is 17.2 Å². The number of benzene rings is 2. The molecule has 0 saturated heterocycles. The topological polar surface area (TPSA) is 139 Å². The first-order valence-electron chi connectivity index (χ1n) is 13.5. The van der Waals surface area contributed by atoms with E-state index >= 15 is 0 Å². The van der Waals surface area contributed by atoms with Crippen molar-refractivity contribution in [2.75, 3.05) is 11.9 Å². The van der Waals surface area contributed by atoms with Crippen LogP contribution in [0.1, 0.15) is 62.0 Å². The Morgan fingerprint density at radius 3 is 2.61 bits per heavy atom. The highest BCUT2D eigenvalue weighted by Gasteiger charge is 2.28. The Hall–Kier alpha value is -4.18. The van der Waals surface area contributed by atoms with Gasteiger partial charge in [-0.25, -0.2) is 4.79 Å². The third kappa shape index (κ3) is 6.94. The van der Waals surface area contributed by atoms with Crippen LogP contribution >= 0.6 is 11.6 Å². The highest BCUT2D eigenvalue weighted by Crippen LogP contribution is 2.35. The van der Waals surface area contributed by atoms with Crippen molar-refractivity contribution < 1.29 is 29.3 Å². The SMILES string of the molecule is CCOc1cccc(Cl)c1Cn1c2c(c(O)c(NC(=O)N[C@@H](CC(=O)O)c3cccc(OC(C)C)c3)c1=O)CCC2. The second-order valence-corrected chi connectivity index (χ2v) is 10.4. The number of carbonyl (C=O) groups excluding carboxylic acids is 1. The average Bonchev–Trinajstić information content (AvgIpc) is 3.40. The van der Waals surface area contributed by atoms with Crippen LogP contribution in [0.4, 0.5) is 10.5 Å². The van der Waals surface area contributed by atoms with E-state index in [1.54, 1.807) is 42.5 Å². The quantitative estimate of drug-likeness (QED) is 0.241. The second-order valence-electron chi connectivity index (χ2n) is 10.0. The summed E-state index contributed by atoms with van der Waals surface area (Å²) in [7, 11) is 0. The number of fused-ring (bicyclic) bond motifs is 1. The molecule has 0 radical (unpaired) electrons. The molecule has 10 nitrogen and oxygen atoms in total. The van der Waals surface area contributed by atoms with Crippen molar-refractivity contribution in [3.05, 3.63) is 80.2 Å². The standard InChI is InChI=1S/C30H34ClN3O7/c1-4-40-25-13-7-11-22(31)21(25)16-34-24-12-6-10-20(24)28(37)27(29(34)38)33-30(39)32-23(15-26(35)36)18-8-5-9-19(14-18)41-17(2)3/h5,7-9,11,13-14,17,23,37H,4,6,10,12,15-16H2,1-3H3,(H,35,36)(H2,32,33,39)/t23-/m0/s1. The van der Waals surface area contributed by atoms with E-state index in [9.17, 15) is 24.6 Å². The molecular weight excluding hydrogens is 550 g/mol. The molecule has 0 bridgehead atoms. The van der Waals surface area contributed by atoms with Crippen molar-refractivity contribution >= 4 is 29.3 Å². The van der Waals surface area contributed by atoms with E-state index in [-0.39, 0.29) is 24.1 Å². The van der Waals surface area contributed by atoms with E-state index in [0.29, 0.717) is 58.4 Å². The Labute approximate surface area is 242 Å². The Morgan fingerprint density at radius 1 is 1.15 bits per heavy atom. The number of halogens is 1. The van der Waals surface area contributed by atoms with Crippen molar-refractivity contribution in [3.8, 4) is 17.2 Å². The molecule has 1 aromatic heterocycles. The molecule has 1 aliphatic rings. The number of urea groups is 1. The number of carbonyl (C=O) groups is 2. The lowest BCUT2D eigenvalue weighted by molar-refractivity contribution is -0.137. The van der Waals surface area contributed by atoms with Gasteiger partial charge >= 0.3 is 12.0 Å². The monoisotopic (exact) mass is 583 g/mol. The number of carboxylic acid groups (broad SMARTS) is 1. The zero-order valence-corrected chi connectivity index (χ0v) is 24.0. The minimum absolute atomic E-state index is 0.0804. The van der Waals surface area contributed by atoms with Gasteiger partial charge in [0, 0.05) is 21.8 Å². The summed E-state index contributed by atoms with van der Waals surface area (Å²) in [6.07, 6.45) is 1.33. The van der Waals surface area contributed by atoms with Crippen LogP contribution in [-0.4, -0.2) is 39.5 Å². The predicted molar refractivity (Wildman–Crippen MR) is 155 cm³/mol. The summed E-state index contributed by atoms with van der Waals surface area (Å²) in [6.45, 7) is 6.07. The maximum absolute atomic E-state index is 13.7. The second kappa shape index (κ2) is 13.0. The van der Waals surface area contributed by atoms with E-state index in [2.05, 4.69) is 10.6 Å². The fourth-order valence-electron chi connectivity index (χ4n) is 5.02. The number of hydrogen-bond acceptors (Lipinski definition) is 6. The van der Waals surface area contributed by atoms with Gasteiger partial charge in [-0.2, -0.15) is 0 Å². The van der Waals surface area contributed by atoms with Crippen LogP contribution in [0, 0.1) is 0 Å². The molecule has 1 aliphatic carbocycles.